The second-order valence-corrected chi connectivity index (χ2v) is 5.32. The van der Waals surface area contributed by atoms with Crippen molar-refractivity contribution < 1.29 is 4.39 Å². The molecular weight excluding hydrogens is 235 g/mol. The van der Waals surface area contributed by atoms with Crippen LogP contribution in [0.25, 0.3) is 15.8 Å². The molecule has 4 heteroatoms. The predicted octanol–water partition coefficient (Wildman–Crippen LogP) is 3.20. The first-order chi connectivity index (χ1) is 8.24. The average Bonchev–Trinajstić information content (AvgIpc) is 2.74. The van der Waals surface area contributed by atoms with E-state index in [1.54, 1.807) is 17.4 Å². The van der Waals surface area contributed by atoms with Gasteiger partial charge in [0.1, 0.15) is 16.3 Å². The van der Waals surface area contributed by atoms with E-state index in [2.05, 4.69) is 23.3 Å². The molecule has 0 fully saturated rings. The van der Waals surface area contributed by atoms with E-state index >= 15 is 0 Å². The first-order valence-electron chi connectivity index (χ1n) is 5.73. The number of thiazole rings is 1. The molecule has 0 saturated carbocycles. The number of fused-ring (bicyclic) bond motifs is 1. The zero-order chi connectivity index (χ0) is 11.8. The van der Waals surface area contributed by atoms with Crippen LogP contribution in [0.1, 0.15) is 18.4 Å². The second kappa shape index (κ2) is 4.20. The molecule has 0 saturated heterocycles. The van der Waals surface area contributed by atoms with Gasteiger partial charge in [-0.15, -0.1) is 11.3 Å². The van der Waals surface area contributed by atoms with Crippen molar-refractivity contribution in [3.63, 3.8) is 0 Å². The van der Waals surface area contributed by atoms with Crippen LogP contribution < -0.4 is 5.32 Å². The summed E-state index contributed by atoms with van der Waals surface area (Å²) in [6.45, 7) is 3.08. The number of nitrogens with one attached hydrogen (secondary N) is 1. The molecule has 1 aromatic heterocycles. The zero-order valence-electron chi connectivity index (χ0n) is 9.53. The van der Waals surface area contributed by atoms with E-state index in [1.807, 2.05) is 6.07 Å². The molecule has 1 atom stereocenters. The van der Waals surface area contributed by atoms with Gasteiger partial charge >= 0.3 is 0 Å². The third-order valence-corrected chi connectivity index (χ3v) is 4.05. The van der Waals surface area contributed by atoms with Crippen molar-refractivity contribution in [2.45, 2.75) is 19.4 Å². The monoisotopic (exact) mass is 248 g/mol. The first kappa shape index (κ1) is 10.9. The number of benzene rings is 1. The van der Waals surface area contributed by atoms with Crippen molar-refractivity contribution in [1.29, 1.82) is 0 Å². The van der Waals surface area contributed by atoms with Crippen molar-refractivity contribution >= 4 is 27.1 Å². The summed E-state index contributed by atoms with van der Waals surface area (Å²) in [6, 6.07) is 5.49. The van der Waals surface area contributed by atoms with Gasteiger partial charge in [-0.3, -0.25) is 0 Å². The molecule has 0 radical (unpaired) electrons. The van der Waals surface area contributed by atoms with Crippen LogP contribution in [0.4, 0.5) is 4.39 Å². The lowest BCUT2D eigenvalue weighted by atomic mass is 10.1. The maximum absolute atomic E-state index is 13.6. The fourth-order valence-electron chi connectivity index (χ4n) is 2.11. The van der Waals surface area contributed by atoms with E-state index in [0.717, 1.165) is 22.7 Å². The van der Waals surface area contributed by atoms with Gasteiger partial charge in [0, 0.05) is 6.04 Å². The normalized spacial score (nSPS) is 20.6. The van der Waals surface area contributed by atoms with E-state index < -0.39 is 0 Å². The van der Waals surface area contributed by atoms with Crippen LogP contribution >= 0.6 is 11.3 Å². The van der Waals surface area contributed by atoms with Gasteiger partial charge < -0.3 is 5.32 Å². The van der Waals surface area contributed by atoms with Crippen LogP contribution in [0.5, 0.6) is 0 Å². The van der Waals surface area contributed by atoms with E-state index in [1.165, 1.54) is 11.6 Å². The lowest BCUT2D eigenvalue weighted by Gasteiger charge is -2.17. The standard InChI is InChI=1S/C13H13FN2S/c1-8-7-9(5-6-15-8)13-16-12-10(14)3-2-4-11(12)17-13/h2-4,7-8,15H,5-6H2,1H3. The number of hydrogen-bond donors (Lipinski definition) is 1. The minimum atomic E-state index is -0.229. The number of halogens is 1. The molecule has 1 aliphatic heterocycles. The van der Waals surface area contributed by atoms with Crippen molar-refractivity contribution in [2.75, 3.05) is 6.54 Å². The summed E-state index contributed by atoms with van der Waals surface area (Å²) in [5.41, 5.74) is 1.73. The molecule has 1 aromatic carbocycles. The van der Waals surface area contributed by atoms with E-state index in [0.29, 0.717) is 11.6 Å². The van der Waals surface area contributed by atoms with Gasteiger partial charge in [-0.2, -0.15) is 0 Å². The smallest absolute Gasteiger partial charge is 0.150 e. The van der Waals surface area contributed by atoms with Crippen LogP contribution in [0, 0.1) is 5.82 Å². The van der Waals surface area contributed by atoms with Gasteiger partial charge in [-0.05, 0) is 37.6 Å². The molecule has 88 valence electrons. The Morgan fingerprint density at radius 1 is 1.47 bits per heavy atom. The van der Waals surface area contributed by atoms with Crippen LogP contribution in [-0.4, -0.2) is 17.6 Å². The molecule has 0 bridgehead atoms. The topological polar surface area (TPSA) is 24.9 Å². The molecule has 17 heavy (non-hydrogen) atoms. The highest BCUT2D eigenvalue weighted by atomic mass is 32.1. The third-order valence-electron chi connectivity index (χ3n) is 2.96. The van der Waals surface area contributed by atoms with Crippen LogP contribution in [0.3, 0.4) is 0 Å². The molecule has 2 nitrogen and oxygen atoms in total. The summed E-state index contributed by atoms with van der Waals surface area (Å²) in [6.07, 6.45) is 3.14. The fourth-order valence-corrected chi connectivity index (χ4v) is 3.14. The van der Waals surface area contributed by atoms with Crippen molar-refractivity contribution in [2.24, 2.45) is 0 Å². The summed E-state index contributed by atoms with van der Waals surface area (Å²) in [4.78, 5) is 4.42. The summed E-state index contributed by atoms with van der Waals surface area (Å²) in [7, 11) is 0. The maximum Gasteiger partial charge on any atom is 0.150 e. The molecular formula is C13H13FN2S. The van der Waals surface area contributed by atoms with Gasteiger partial charge in [0.15, 0.2) is 0 Å². The van der Waals surface area contributed by atoms with Crippen molar-refractivity contribution in [1.82, 2.24) is 10.3 Å². The minimum absolute atomic E-state index is 0.229. The first-order valence-corrected chi connectivity index (χ1v) is 6.55. The average molecular weight is 248 g/mol. The third kappa shape index (κ3) is 1.98. The molecule has 0 spiro atoms. The maximum atomic E-state index is 13.6. The molecule has 1 unspecified atom stereocenters. The quantitative estimate of drug-likeness (QED) is 0.838. The summed E-state index contributed by atoms with van der Waals surface area (Å²) in [5.74, 6) is -0.229. The van der Waals surface area contributed by atoms with E-state index in [4.69, 9.17) is 0 Å². The van der Waals surface area contributed by atoms with Gasteiger partial charge in [0.25, 0.3) is 0 Å². The molecule has 2 heterocycles. The highest BCUT2D eigenvalue weighted by Gasteiger charge is 2.15. The van der Waals surface area contributed by atoms with E-state index in [9.17, 15) is 4.39 Å². The molecule has 1 N–H and O–H groups in total. The Morgan fingerprint density at radius 3 is 3.12 bits per heavy atom. The predicted molar refractivity (Wildman–Crippen MR) is 69.6 cm³/mol. The molecule has 1 aliphatic rings. The number of rotatable bonds is 1. The highest BCUT2D eigenvalue weighted by Crippen LogP contribution is 2.31. The van der Waals surface area contributed by atoms with E-state index in [-0.39, 0.29) is 5.82 Å². The number of aromatic nitrogens is 1. The molecule has 0 aliphatic carbocycles. The zero-order valence-corrected chi connectivity index (χ0v) is 10.4. The second-order valence-electron chi connectivity index (χ2n) is 4.29. The van der Waals surface area contributed by atoms with Crippen molar-refractivity contribution in [3.8, 4) is 0 Å². The molecule has 0 amide bonds. The van der Waals surface area contributed by atoms with Crippen LogP contribution in [0.2, 0.25) is 0 Å². The Bertz CT molecular complexity index is 588. The van der Waals surface area contributed by atoms with Crippen LogP contribution in [0.15, 0.2) is 24.3 Å². The number of hydrogen-bond acceptors (Lipinski definition) is 3. The van der Waals surface area contributed by atoms with Gasteiger partial charge in [-0.25, -0.2) is 9.37 Å². The minimum Gasteiger partial charge on any atom is -0.310 e. The van der Waals surface area contributed by atoms with Gasteiger partial charge in [0.05, 0.1) is 4.70 Å². The van der Waals surface area contributed by atoms with Crippen molar-refractivity contribution in [3.05, 3.63) is 35.1 Å². The Morgan fingerprint density at radius 2 is 2.35 bits per heavy atom. The SMILES string of the molecule is CC1C=C(c2nc3c(F)cccc3s2)CCN1. The Hall–Kier alpha value is -1.26. The lowest BCUT2D eigenvalue weighted by molar-refractivity contribution is 0.620. The molecule has 2 aromatic rings. The lowest BCUT2D eigenvalue weighted by Crippen LogP contribution is -2.29. The fraction of sp³-hybridized carbons (Fsp3) is 0.308. The highest BCUT2D eigenvalue weighted by molar-refractivity contribution is 7.19. The largest absolute Gasteiger partial charge is 0.310 e. The summed E-state index contributed by atoms with van der Waals surface area (Å²) >= 11 is 1.57. The van der Waals surface area contributed by atoms with Gasteiger partial charge in [-0.1, -0.05) is 12.1 Å². The van der Waals surface area contributed by atoms with Gasteiger partial charge in [0.2, 0.25) is 0 Å². The molecule has 3 rings (SSSR count). The summed E-state index contributed by atoms with van der Waals surface area (Å²) in [5, 5.41) is 4.31. The Labute approximate surface area is 103 Å². The number of nitrogens with zero attached hydrogens (tertiary/aromatic N) is 1. The van der Waals surface area contributed by atoms with Crippen LogP contribution in [-0.2, 0) is 0 Å². The Balaban J connectivity index is 2.09. The Kier molecular flexibility index (Phi) is 2.68. The number of para-hydroxylation sites is 1. The summed E-state index contributed by atoms with van der Waals surface area (Å²) < 4.78 is 14.5.